The summed E-state index contributed by atoms with van der Waals surface area (Å²) in [4.78, 5) is 12.0. The molecule has 104 valence electrons. The summed E-state index contributed by atoms with van der Waals surface area (Å²) >= 11 is 0. The van der Waals surface area contributed by atoms with Crippen LogP contribution in [0.25, 0.3) is 0 Å². The second-order valence-electron chi connectivity index (χ2n) is 4.57. The Morgan fingerprint density at radius 1 is 1.32 bits per heavy atom. The van der Waals surface area contributed by atoms with Crippen molar-refractivity contribution in [2.24, 2.45) is 10.9 Å². The van der Waals surface area contributed by atoms with Crippen LogP contribution in [0, 0.1) is 13.8 Å². The Balaban J connectivity index is 2.40. The highest BCUT2D eigenvalue weighted by molar-refractivity contribution is 5.97. The van der Waals surface area contributed by atoms with Crippen LogP contribution in [-0.2, 0) is 0 Å². The van der Waals surface area contributed by atoms with E-state index >= 15 is 0 Å². The normalized spacial score (nSPS) is 11.4. The van der Waals surface area contributed by atoms with Crippen LogP contribution in [0.4, 0.5) is 0 Å². The van der Waals surface area contributed by atoms with Gasteiger partial charge in [0.1, 0.15) is 5.84 Å². The number of benzene rings is 1. The molecule has 0 bridgehead atoms. The molecule has 0 aliphatic rings. The number of carbonyl (C=O) groups excluding carboxylic acids is 1. The average molecular weight is 263 g/mol. The predicted molar refractivity (Wildman–Crippen MR) is 75.5 cm³/mol. The van der Waals surface area contributed by atoms with Gasteiger partial charge in [-0.3, -0.25) is 4.79 Å². The van der Waals surface area contributed by atoms with Crippen molar-refractivity contribution < 1.29 is 10.0 Å². The molecule has 1 aromatic carbocycles. The maximum atomic E-state index is 12.0. The minimum Gasteiger partial charge on any atom is -0.409 e. The lowest BCUT2D eigenvalue weighted by Crippen LogP contribution is -2.26. The molecule has 0 aliphatic heterocycles. The maximum Gasteiger partial charge on any atom is 0.251 e. The third-order valence-electron chi connectivity index (χ3n) is 2.98. The number of hydrogen-bond donors (Lipinski definition) is 3. The zero-order valence-electron chi connectivity index (χ0n) is 11.4. The summed E-state index contributed by atoms with van der Waals surface area (Å²) in [5.74, 6) is 0.181. The van der Waals surface area contributed by atoms with Gasteiger partial charge in [-0.15, -0.1) is 0 Å². The van der Waals surface area contributed by atoms with E-state index in [1.54, 1.807) is 0 Å². The lowest BCUT2D eigenvalue weighted by Gasteiger charge is -2.10. The average Bonchev–Trinajstić information content (AvgIpc) is 2.37. The molecule has 1 amide bonds. The second-order valence-corrected chi connectivity index (χ2v) is 4.57. The first kappa shape index (κ1) is 15.0. The zero-order valence-corrected chi connectivity index (χ0v) is 11.4. The SMILES string of the molecule is Cc1cccc(C)c1C(=O)NCCCC/C(N)=N/O. The summed E-state index contributed by atoms with van der Waals surface area (Å²) in [6, 6.07) is 5.80. The highest BCUT2D eigenvalue weighted by atomic mass is 16.4. The van der Waals surface area contributed by atoms with Crippen molar-refractivity contribution in [1.82, 2.24) is 5.32 Å². The quantitative estimate of drug-likeness (QED) is 0.241. The van der Waals surface area contributed by atoms with Gasteiger partial charge in [-0.1, -0.05) is 23.4 Å². The molecule has 5 nitrogen and oxygen atoms in total. The smallest absolute Gasteiger partial charge is 0.251 e. The second kappa shape index (κ2) is 7.41. The first-order valence-corrected chi connectivity index (χ1v) is 6.37. The van der Waals surface area contributed by atoms with Crippen LogP contribution in [0.1, 0.15) is 40.7 Å². The first-order chi connectivity index (χ1) is 9.06. The lowest BCUT2D eigenvalue weighted by atomic mass is 10.0. The van der Waals surface area contributed by atoms with E-state index in [-0.39, 0.29) is 11.7 Å². The third-order valence-corrected chi connectivity index (χ3v) is 2.98. The van der Waals surface area contributed by atoms with Crippen molar-refractivity contribution in [3.8, 4) is 0 Å². The van der Waals surface area contributed by atoms with Gasteiger partial charge < -0.3 is 16.3 Å². The first-order valence-electron chi connectivity index (χ1n) is 6.37. The maximum absolute atomic E-state index is 12.0. The molecule has 4 N–H and O–H groups in total. The summed E-state index contributed by atoms with van der Waals surface area (Å²) in [6.45, 7) is 4.45. The van der Waals surface area contributed by atoms with Crippen LogP contribution in [0.5, 0.6) is 0 Å². The molecule has 0 aromatic heterocycles. The fourth-order valence-corrected chi connectivity index (χ4v) is 1.94. The molecule has 0 unspecified atom stereocenters. The lowest BCUT2D eigenvalue weighted by molar-refractivity contribution is 0.0952. The molecule has 0 radical (unpaired) electrons. The van der Waals surface area contributed by atoms with Crippen LogP contribution in [-0.4, -0.2) is 23.5 Å². The minimum atomic E-state index is -0.0422. The molecule has 0 atom stereocenters. The molecule has 0 heterocycles. The van der Waals surface area contributed by atoms with Crippen LogP contribution in [0.2, 0.25) is 0 Å². The van der Waals surface area contributed by atoms with Crippen LogP contribution in [0.3, 0.4) is 0 Å². The molecule has 0 spiro atoms. The number of amides is 1. The molecule has 1 rings (SSSR count). The fraction of sp³-hybridized carbons (Fsp3) is 0.429. The summed E-state index contributed by atoms with van der Waals surface area (Å²) in [7, 11) is 0. The van der Waals surface area contributed by atoms with E-state index in [9.17, 15) is 4.79 Å². The molecule has 0 aliphatic carbocycles. The molecular formula is C14H21N3O2. The van der Waals surface area contributed by atoms with E-state index in [2.05, 4.69) is 10.5 Å². The minimum absolute atomic E-state index is 0.0422. The Morgan fingerprint density at radius 2 is 1.95 bits per heavy atom. The number of rotatable bonds is 6. The number of unbranched alkanes of at least 4 members (excludes halogenated alkanes) is 1. The molecule has 0 fully saturated rings. The number of nitrogens with two attached hydrogens (primary N) is 1. The predicted octanol–water partition coefficient (Wildman–Crippen LogP) is 1.95. The molecule has 0 saturated heterocycles. The van der Waals surface area contributed by atoms with Gasteiger partial charge in [-0.05, 0) is 37.8 Å². The van der Waals surface area contributed by atoms with Gasteiger partial charge in [0.25, 0.3) is 5.91 Å². The van der Waals surface area contributed by atoms with E-state index in [4.69, 9.17) is 10.9 Å². The van der Waals surface area contributed by atoms with Gasteiger partial charge >= 0.3 is 0 Å². The largest absolute Gasteiger partial charge is 0.409 e. The summed E-state index contributed by atoms with van der Waals surface area (Å²) in [5, 5.41) is 14.2. The molecule has 1 aromatic rings. The number of aryl methyl sites for hydroxylation is 2. The Hall–Kier alpha value is -2.04. The van der Waals surface area contributed by atoms with Crippen molar-refractivity contribution in [2.75, 3.05) is 6.54 Å². The summed E-state index contributed by atoms with van der Waals surface area (Å²) < 4.78 is 0. The summed E-state index contributed by atoms with van der Waals surface area (Å²) in [6.07, 6.45) is 2.12. The number of nitrogens with one attached hydrogen (secondary N) is 1. The van der Waals surface area contributed by atoms with Crippen LogP contribution in [0.15, 0.2) is 23.4 Å². The van der Waals surface area contributed by atoms with Crippen molar-refractivity contribution in [3.63, 3.8) is 0 Å². The van der Waals surface area contributed by atoms with Crippen molar-refractivity contribution in [3.05, 3.63) is 34.9 Å². The van der Waals surface area contributed by atoms with Gasteiger partial charge in [0.2, 0.25) is 0 Å². The van der Waals surface area contributed by atoms with Crippen molar-refractivity contribution >= 4 is 11.7 Å². The monoisotopic (exact) mass is 263 g/mol. The highest BCUT2D eigenvalue weighted by Crippen LogP contribution is 2.12. The standard InChI is InChI=1S/C14H21N3O2/c1-10-6-5-7-11(2)13(10)14(18)16-9-4-3-8-12(15)17-19/h5-7,19H,3-4,8-9H2,1-2H3,(H2,15,17)(H,16,18). The summed E-state index contributed by atoms with van der Waals surface area (Å²) in [5.41, 5.74) is 8.07. The Bertz CT molecular complexity index is 450. The van der Waals surface area contributed by atoms with Crippen molar-refractivity contribution in [2.45, 2.75) is 33.1 Å². The van der Waals surface area contributed by atoms with Gasteiger partial charge in [-0.2, -0.15) is 0 Å². The van der Waals surface area contributed by atoms with E-state index in [1.807, 2.05) is 32.0 Å². The van der Waals surface area contributed by atoms with Gasteiger partial charge in [0.15, 0.2) is 0 Å². The van der Waals surface area contributed by atoms with Gasteiger partial charge in [0.05, 0.1) is 0 Å². The zero-order chi connectivity index (χ0) is 14.3. The topological polar surface area (TPSA) is 87.7 Å². The highest BCUT2D eigenvalue weighted by Gasteiger charge is 2.10. The van der Waals surface area contributed by atoms with Crippen molar-refractivity contribution in [1.29, 1.82) is 0 Å². The Labute approximate surface area is 113 Å². The van der Waals surface area contributed by atoms with Gasteiger partial charge in [0, 0.05) is 18.5 Å². The number of carbonyl (C=O) groups is 1. The Morgan fingerprint density at radius 3 is 2.53 bits per heavy atom. The Kier molecular flexibility index (Phi) is 5.85. The third kappa shape index (κ3) is 4.62. The number of hydrogen-bond acceptors (Lipinski definition) is 3. The molecule has 5 heteroatoms. The number of amidine groups is 1. The van der Waals surface area contributed by atoms with Gasteiger partial charge in [-0.25, -0.2) is 0 Å². The fourth-order valence-electron chi connectivity index (χ4n) is 1.94. The van der Waals surface area contributed by atoms with Crippen LogP contribution >= 0.6 is 0 Å². The van der Waals surface area contributed by atoms with Crippen LogP contribution < -0.4 is 11.1 Å². The molecule has 19 heavy (non-hydrogen) atoms. The number of nitrogens with zero attached hydrogens (tertiary/aromatic N) is 1. The van der Waals surface area contributed by atoms with E-state index in [1.165, 1.54) is 0 Å². The van der Waals surface area contributed by atoms with E-state index in [0.29, 0.717) is 13.0 Å². The number of oxime groups is 1. The van der Waals surface area contributed by atoms with E-state index < -0.39 is 0 Å². The molecule has 0 saturated carbocycles. The molecular weight excluding hydrogens is 242 g/mol. The van der Waals surface area contributed by atoms with E-state index in [0.717, 1.165) is 29.5 Å².